The van der Waals surface area contributed by atoms with Crippen LogP contribution in [0, 0.1) is 0 Å². The predicted molar refractivity (Wildman–Crippen MR) is 315 cm³/mol. The van der Waals surface area contributed by atoms with Gasteiger partial charge in [0.15, 0.2) is 6.10 Å². The molecule has 0 rings (SSSR count). The Morgan fingerprint density at radius 1 is 0.288 bits per heavy atom. The normalized spacial score (nSPS) is 13.3. The zero-order valence-corrected chi connectivity index (χ0v) is 46.6. The van der Waals surface area contributed by atoms with Gasteiger partial charge in [0.05, 0.1) is 0 Å². The standard InChI is InChI=1S/C67H104O6/c1-4-7-10-13-16-19-22-25-28-31-33-36-39-42-45-48-51-54-57-60-66(69)72-63-64(62-71-65(68)59-56-53-50-47-44-41-38-35-30-27-24-21-18-15-12-9-6-3)73-67(70)61-58-55-52-49-46-43-40-37-34-32-29-26-23-20-17-14-11-8-5-2/h7-8,10-11,16-21,25-30,33-34,36-37,42-43,45-46,52,55,64H,4-6,9,12-15,22-24,31-32,35,38-41,44,47-51,53-54,56-63H2,1-3H3/b10-7-,11-8-,19-16-,20-17-,21-18-,28-25-,29-26-,30-27-,36-33-,37-34-,45-42-,46-43-,55-52-/t64-/m0/s1. The van der Waals surface area contributed by atoms with E-state index in [1.54, 1.807) is 0 Å². The number of carbonyl (C=O) groups excluding carboxylic acids is 3. The van der Waals surface area contributed by atoms with Gasteiger partial charge >= 0.3 is 17.9 Å². The lowest BCUT2D eigenvalue weighted by molar-refractivity contribution is -0.166. The quantitative estimate of drug-likeness (QED) is 0.0261. The first-order valence-electron chi connectivity index (χ1n) is 29.0. The number of ether oxygens (including phenoxy) is 3. The van der Waals surface area contributed by atoms with Crippen molar-refractivity contribution in [2.45, 2.75) is 232 Å². The molecule has 0 N–H and O–H groups in total. The van der Waals surface area contributed by atoms with Gasteiger partial charge in [-0.3, -0.25) is 14.4 Å². The molecule has 0 bridgehead atoms. The van der Waals surface area contributed by atoms with Crippen LogP contribution in [0.5, 0.6) is 0 Å². The summed E-state index contributed by atoms with van der Waals surface area (Å²) in [5, 5.41) is 0. The van der Waals surface area contributed by atoms with Gasteiger partial charge in [0, 0.05) is 19.3 Å². The third-order valence-corrected chi connectivity index (χ3v) is 11.5. The summed E-state index contributed by atoms with van der Waals surface area (Å²) in [6, 6.07) is 0. The summed E-state index contributed by atoms with van der Waals surface area (Å²) in [6.45, 7) is 6.27. The van der Waals surface area contributed by atoms with Crippen molar-refractivity contribution in [3.05, 3.63) is 158 Å². The van der Waals surface area contributed by atoms with E-state index in [2.05, 4.69) is 167 Å². The SMILES string of the molecule is CC/C=C\C/C=C\C/C=C\C/C=C\C/C=C\C/C=C\CCC(=O)O[C@H](COC(=O)CCCCC/C=C\C/C=C\C/C=C\C/C=C\C/C=C\CC)COC(=O)CCCCCCCCC/C=C\C/C=C\CCCCC. The molecule has 0 aliphatic carbocycles. The van der Waals surface area contributed by atoms with Gasteiger partial charge < -0.3 is 14.2 Å². The summed E-state index contributed by atoms with van der Waals surface area (Å²) in [5.74, 6) is -1.06. The fourth-order valence-electron chi connectivity index (χ4n) is 7.23. The lowest BCUT2D eigenvalue weighted by Gasteiger charge is -2.18. The van der Waals surface area contributed by atoms with Gasteiger partial charge in [-0.25, -0.2) is 0 Å². The molecule has 0 amide bonds. The number of rotatable bonds is 50. The van der Waals surface area contributed by atoms with E-state index < -0.39 is 12.1 Å². The monoisotopic (exact) mass is 1000 g/mol. The summed E-state index contributed by atoms with van der Waals surface area (Å²) in [4.78, 5) is 38.2. The molecule has 0 fully saturated rings. The number of hydrogen-bond acceptors (Lipinski definition) is 6. The number of esters is 3. The maximum atomic E-state index is 12.8. The lowest BCUT2D eigenvalue weighted by Crippen LogP contribution is -2.30. The molecule has 0 aromatic rings. The molecule has 0 saturated carbocycles. The summed E-state index contributed by atoms with van der Waals surface area (Å²) >= 11 is 0. The largest absolute Gasteiger partial charge is 0.462 e. The van der Waals surface area contributed by atoms with E-state index >= 15 is 0 Å². The van der Waals surface area contributed by atoms with Crippen LogP contribution in [0.4, 0.5) is 0 Å². The highest BCUT2D eigenvalue weighted by atomic mass is 16.6. The van der Waals surface area contributed by atoms with Gasteiger partial charge in [0.2, 0.25) is 0 Å². The first kappa shape index (κ1) is 68.0. The molecule has 408 valence electrons. The summed E-state index contributed by atoms with van der Waals surface area (Å²) in [7, 11) is 0. The third-order valence-electron chi connectivity index (χ3n) is 11.5. The molecule has 1 atom stereocenters. The number of hydrogen-bond donors (Lipinski definition) is 0. The molecule has 0 unspecified atom stereocenters. The Kier molecular flexibility index (Phi) is 55.5. The summed E-state index contributed by atoms with van der Waals surface area (Å²) < 4.78 is 16.8. The smallest absolute Gasteiger partial charge is 0.306 e. The fraction of sp³-hybridized carbons (Fsp3) is 0.567. The lowest BCUT2D eigenvalue weighted by atomic mass is 10.1. The van der Waals surface area contributed by atoms with Crippen molar-refractivity contribution in [1.82, 2.24) is 0 Å². The fourth-order valence-corrected chi connectivity index (χ4v) is 7.23. The Bertz CT molecular complexity index is 1670. The van der Waals surface area contributed by atoms with Crippen LogP contribution < -0.4 is 0 Å². The molecule has 6 nitrogen and oxygen atoms in total. The van der Waals surface area contributed by atoms with E-state index in [0.29, 0.717) is 19.3 Å². The van der Waals surface area contributed by atoms with Crippen LogP contribution in [0.25, 0.3) is 0 Å². The topological polar surface area (TPSA) is 78.9 Å². The molecular weight excluding hydrogens is 901 g/mol. The van der Waals surface area contributed by atoms with Crippen molar-refractivity contribution in [3.8, 4) is 0 Å². The van der Waals surface area contributed by atoms with Gasteiger partial charge in [-0.05, 0) is 135 Å². The molecular formula is C67H104O6. The number of carbonyl (C=O) groups is 3. The highest BCUT2D eigenvalue weighted by Gasteiger charge is 2.19. The summed E-state index contributed by atoms with van der Waals surface area (Å²) in [6.07, 6.45) is 86.7. The number of unbranched alkanes of at least 4 members (excludes halogenated alkanes) is 13. The zero-order valence-electron chi connectivity index (χ0n) is 46.6. The van der Waals surface area contributed by atoms with Crippen LogP contribution >= 0.6 is 0 Å². The average Bonchev–Trinajstić information content (AvgIpc) is 3.39. The second-order valence-corrected chi connectivity index (χ2v) is 18.4. The average molecular weight is 1010 g/mol. The third kappa shape index (κ3) is 57.8. The Labute approximate surface area is 448 Å². The van der Waals surface area contributed by atoms with Crippen molar-refractivity contribution in [1.29, 1.82) is 0 Å². The molecule has 0 radical (unpaired) electrons. The molecule has 0 heterocycles. The molecule has 0 aliphatic heterocycles. The van der Waals surface area contributed by atoms with Crippen molar-refractivity contribution in [3.63, 3.8) is 0 Å². The highest BCUT2D eigenvalue weighted by molar-refractivity contribution is 5.71. The van der Waals surface area contributed by atoms with Gasteiger partial charge in [-0.15, -0.1) is 0 Å². The van der Waals surface area contributed by atoms with Crippen molar-refractivity contribution in [2.24, 2.45) is 0 Å². The second kappa shape index (κ2) is 59.6. The Hall–Kier alpha value is -4.97. The predicted octanol–water partition coefficient (Wildman–Crippen LogP) is 19.8. The zero-order chi connectivity index (χ0) is 52.9. The molecule has 0 aliphatic rings. The summed E-state index contributed by atoms with van der Waals surface area (Å²) in [5.41, 5.74) is 0. The molecule has 0 spiro atoms. The van der Waals surface area contributed by atoms with E-state index in [4.69, 9.17) is 14.2 Å². The van der Waals surface area contributed by atoms with Crippen LogP contribution in [-0.4, -0.2) is 37.2 Å². The van der Waals surface area contributed by atoms with Crippen LogP contribution in [0.2, 0.25) is 0 Å². The van der Waals surface area contributed by atoms with Crippen molar-refractivity contribution >= 4 is 17.9 Å². The van der Waals surface area contributed by atoms with E-state index in [1.165, 1.54) is 51.4 Å². The first-order chi connectivity index (χ1) is 36.0. The molecule has 6 heteroatoms. The van der Waals surface area contributed by atoms with Crippen molar-refractivity contribution in [2.75, 3.05) is 13.2 Å². The minimum atomic E-state index is -0.845. The van der Waals surface area contributed by atoms with Crippen LogP contribution in [0.15, 0.2) is 158 Å². The second-order valence-electron chi connectivity index (χ2n) is 18.4. The Morgan fingerprint density at radius 3 is 0.904 bits per heavy atom. The van der Waals surface area contributed by atoms with E-state index in [-0.39, 0.29) is 31.6 Å². The molecule has 73 heavy (non-hydrogen) atoms. The Morgan fingerprint density at radius 2 is 0.562 bits per heavy atom. The Balaban J connectivity index is 4.61. The minimum Gasteiger partial charge on any atom is -0.462 e. The molecule has 0 aromatic heterocycles. The maximum Gasteiger partial charge on any atom is 0.306 e. The van der Waals surface area contributed by atoms with Crippen molar-refractivity contribution < 1.29 is 28.6 Å². The maximum absolute atomic E-state index is 12.8. The van der Waals surface area contributed by atoms with Gasteiger partial charge in [-0.2, -0.15) is 0 Å². The minimum absolute atomic E-state index is 0.130. The van der Waals surface area contributed by atoms with E-state index in [9.17, 15) is 14.4 Å². The molecule has 0 aromatic carbocycles. The van der Waals surface area contributed by atoms with Gasteiger partial charge in [0.1, 0.15) is 13.2 Å². The number of allylic oxidation sites excluding steroid dienone is 26. The van der Waals surface area contributed by atoms with Crippen LogP contribution in [0.3, 0.4) is 0 Å². The first-order valence-corrected chi connectivity index (χ1v) is 29.0. The van der Waals surface area contributed by atoms with Crippen LogP contribution in [0.1, 0.15) is 226 Å². The van der Waals surface area contributed by atoms with Crippen LogP contribution in [-0.2, 0) is 28.6 Å². The van der Waals surface area contributed by atoms with E-state index in [1.807, 2.05) is 12.2 Å². The molecule has 0 saturated heterocycles. The van der Waals surface area contributed by atoms with Gasteiger partial charge in [-0.1, -0.05) is 230 Å². The highest BCUT2D eigenvalue weighted by Crippen LogP contribution is 2.12. The van der Waals surface area contributed by atoms with E-state index in [0.717, 1.165) is 128 Å². The van der Waals surface area contributed by atoms with Gasteiger partial charge in [0.25, 0.3) is 0 Å².